The van der Waals surface area contributed by atoms with Crippen LogP contribution in [0.5, 0.6) is 0 Å². The number of hydrogen-bond donors (Lipinski definition) is 1. The summed E-state index contributed by atoms with van der Waals surface area (Å²) < 4.78 is 7.43. The molecule has 0 atom stereocenters. The molecule has 0 radical (unpaired) electrons. The van der Waals surface area contributed by atoms with Crippen molar-refractivity contribution >= 4 is 66.2 Å². The highest BCUT2D eigenvalue weighted by Crippen LogP contribution is 2.33. The Morgan fingerprint density at radius 2 is 1.85 bits per heavy atom. The predicted molar refractivity (Wildman–Crippen MR) is 114 cm³/mol. The second-order valence-electron chi connectivity index (χ2n) is 5.76. The topological polar surface area (TPSA) is 55.1 Å². The number of oxazole rings is 1. The highest BCUT2D eigenvalue weighted by molar-refractivity contribution is 9.10. The van der Waals surface area contributed by atoms with Gasteiger partial charge in [0.2, 0.25) is 5.89 Å². The summed E-state index contributed by atoms with van der Waals surface area (Å²) in [4.78, 5) is 17.0. The largest absolute Gasteiger partial charge is 0.436 e. The number of nitrogens with zero attached hydrogens (tertiary/aromatic N) is 1. The minimum Gasteiger partial charge on any atom is -0.436 e. The van der Waals surface area contributed by atoms with E-state index in [1.54, 1.807) is 30.3 Å². The first-order chi connectivity index (χ1) is 13.0. The molecule has 1 amide bonds. The van der Waals surface area contributed by atoms with E-state index >= 15 is 0 Å². The molecule has 7 heteroatoms. The monoisotopic (exact) mass is 504 g/mol. The molecule has 0 spiro atoms. The van der Waals surface area contributed by atoms with E-state index in [2.05, 4.69) is 42.2 Å². The molecule has 0 bridgehead atoms. The Morgan fingerprint density at radius 1 is 1.04 bits per heavy atom. The van der Waals surface area contributed by atoms with Gasteiger partial charge in [0, 0.05) is 14.6 Å². The molecular weight excluding hydrogens is 495 g/mol. The molecule has 4 aromatic rings. The van der Waals surface area contributed by atoms with Crippen LogP contribution < -0.4 is 5.32 Å². The smallest absolute Gasteiger partial charge is 0.256 e. The first-order valence-electron chi connectivity index (χ1n) is 7.93. The van der Waals surface area contributed by atoms with Gasteiger partial charge in [0.15, 0.2) is 5.58 Å². The summed E-state index contributed by atoms with van der Waals surface area (Å²) >= 11 is 13.1. The third kappa shape index (κ3) is 3.78. The molecule has 0 aliphatic rings. The van der Waals surface area contributed by atoms with Crippen LogP contribution in [0.3, 0.4) is 0 Å². The molecule has 0 fully saturated rings. The van der Waals surface area contributed by atoms with E-state index in [0.29, 0.717) is 38.8 Å². The van der Waals surface area contributed by atoms with Gasteiger partial charge < -0.3 is 9.73 Å². The van der Waals surface area contributed by atoms with Gasteiger partial charge in [-0.15, -0.1) is 0 Å². The molecule has 1 N–H and O–H groups in total. The van der Waals surface area contributed by atoms with Crippen LogP contribution in [0.2, 0.25) is 5.02 Å². The van der Waals surface area contributed by atoms with Crippen molar-refractivity contribution in [3.63, 3.8) is 0 Å². The second-order valence-corrected chi connectivity index (χ2v) is 7.94. The summed E-state index contributed by atoms with van der Waals surface area (Å²) in [6, 6.07) is 18.0. The fourth-order valence-corrected chi connectivity index (χ4v) is 3.65. The van der Waals surface area contributed by atoms with Crippen molar-refractivity contribution in [2.24, 2.45) is 0 Å². The number of aromatic nitrogens is 1. The lowest BCUT2D eigenvalue weighted by molar-refractivity contribution is 0.102. The van der Waals surface area contributed by atoms with Gasteiger partial charge in [-0.05, 0) is 64.5 Å². The van der Waals surface area contributed by atoms with E-state index in [1.807, 2.05) is 30.3 Å². The van der Waals surface area contributed by atoms with Crippen molar-refractivity contribution in [3.05, 3.63) is 80.2 Å². The number of rotatable bonds is 3. The number of carbonyl (C=O) groups excluding carboxylic acids is 1. The summed E-state index contributed by atoms with van der Waals surface area (Å²) in [6.45, 7) is 0. The van der Waals surface area contributed by atoms with Gasteiger partial charge >= 0.3 is 0 Å². The third-order valence-corrected chi connectivity index (χ3v) is 5.44. The second kappa shape index (κ2) is 7.46. The Bertz CT molecular complexity index is 1170. The molecule has 134 valence electrons. The molecule has 4 rings (SSSR count). The van der Waals surface area contributed by atoms with E-state index < -0.39 is 0 Å². The fraction of sp³-hybridized carbons (Fsp3) is 0. The molecule has 0 aliphatic heterocycles. The van der Waals surface area contributed by atoms with E-state index in [1.165, 1.54) is 0 Å². The van der Waals surface area contributed by atoms with E-state index in [9.17, 15) is 4.79 Å². The maximum Gasteiger partial charge on any atom is 0.256 e. The maximum atomic E-state index is 12.5. The van der Waals surface area contributed by atoms with Crippen molar-refractivity contribution < 1.29 is 9.21 Å². The van der Waals surface area contributed by atoms with Crippen molar-refractivity contribution in [1.29, 1.82) is 0 Å². The van der Waals surface area contributed by atoms with Crippen molar-refractivity contribution in [2.45, 2.75) is 0 Å². The van der Waals surface area contributed by atoms with Crippen molar-refractivity contribution in [1.82, 2.24) is 4.98 Å². The molecule has 0 unspecified atom stereocenters. The number of anilines is 1. The molecule has 1 aromatic heterocycles. The van der Waals surface area contributed by atoms with Crippen molar-refractivity contribution in [2.75, 3.05) is 5.32 Å². The standard InChI is InChI=1S/C20H11Br2ClN2O2/c21-11-5-7-16(23)14(9-11)20-25-17-10-12(6-8-18(17)27-20)24-19(26)13-3-1-2-4-15(13)22/h1-10H,(H,24,26). The van der Waals surface area contributed by atoms with Gasteiger partial charge in [0.05, 0.1) is 16.1 Å². The Morgan fingerprint density at radius 3 is 2.67 bits per heavy atom. The number of nitrogens with one attached hydrogen (secondary N) is 1. The summed E-state index contributed by atoms with van der Waals surface area (Å²) in [7, 11) is 0. The van der Waals surface area contributed by atoms with Gasteiger partial charge in [-0.1, -0.05) is 39.7 Å². The van der Waals surface area contributed by atoms with Gasteiger partial charge in [0.25, 0.3) is 5.91 Å². The highest BCUT2D eigenvalue weighted by atomic mass is 79.9. The minimum atomic E-state index is -0.208. The van der Waals surface area contributed by atoms with Gasteiger partial charge in [-0.2, -0.15) is 0 Å². The summed E-state index contributed by atoms with van der Waals surface area (Å²) in [5.74, 6) is 0.214. The van der Waals surface area contributed by atoms with E-state index in [4.69, 9.17) is 16.0 Å². The quantitative estimate of drug-likeness (QED) is 0.328. The zero-order chi connectivity index (χ0) is 19.0. The van der Waals surface area contributed by atoms with E-state index in [-0.39, 0.29) is 5.91 Å². The fourth-order valence-electron chi connectivity index (χ4n) is 2.63. The van der Waals surface area contributed by atoms with Crippen LogP contribution in [-0.4, -0.2) is 10.9 Å². The molecule has 0 aliphatic carbocycles. The number of fused-ring (bicyclic) bond motifs is 1. The predicted octanol–water partition coefficient (Wildman–Crippen LogP) is 6.93. The molecule has 27 heavy (non-hydrogen) atoms. The van der Waals surface area contributed by atoms with Crippen LogP contribution >= 0.6 is 43.5 Å². The normalized spacial score (nSPS) is 10.9. The molecule has 4 nitrogen and oxygen atoms in total. The lowest BCUT2D eigenvalue weighted by Crippen LogP contribution is -2.12. The molecular formula is C20H11Br2ClN2O2. The van der Waals surface area contributed by atoms with Gasteiger partial charge in [0.1, 0.15) is 5.52 Å². The highest BCUT2D eigenvalue weighted by Gasteiger charge is 2.14. The zero-order valence-corrected chi connectivity index (χ0v) is 17.6. The number of hydrogen-bond acceptors (Lipinski definition) is 3. The van der Waals surface area contributed by atoms with Gasteiger partial charge in [-0.25, -0.2) is 4.98 Å². The lowest BCUT2D eigenvalue weighted by atomic mass is 10.2. The van der Waals surface area contributed by atoms with Crippen LogP contribution in [0.4, 0.5) is 5.69 Å². The average molecular weight is 507 g/mol. The lowest BCUT2D eigenvalue weighted by Gasteiger charge is -2.06. The third-order valence-electron chi connectivity index (χ3n) is 3.92. The summed E-state index contributed by atoms with van der Waals surface area (Å²) in [5, 5.41) is 3.42. The number of carbonyl (C=O) groups is 1. The van der Waals surface area contributed by atoms with E-state index in [0.717, 1.165) is 8.95 Å². The first-order valence-corrected chi connectivity index (χ1v) is 9.89. The zero-order valence-electron chi connectivity index (χ0n) is 13.7. The SMILES string of the molecule is O=C(Nc1ccc2oc(-c3cc(Br)ccc3Cl)nc2c1)c1ccccc1Br. The number of amides is 1. The Kier molecular flexibility index (Phi) is 5.04. The average Bonchev–Trinajstić information content (AvgIpc) is 3.07. The molecule has 0 saturated heterocycles. The summed E-state index contributed by atoms with van der Waals surface area (Å²) in [5.41, 5.74) is 3.12. The molecule has 1 heterocycles. The van der Waals surface area contributed by atoms with Crippen LogP contribution in [0, 0.1) is 0 Å². The number of halogens is 3. The van der Waals surface area contributed by atoms with Crippen LogP contribution in [0.25, 0.3) is 22.6 Å². The Labute approximate surface area is 176 Å². The van der Waals surface area contributed by atoms with Crippen LogP contribution in [0.1, 0.15) is 10.4 Å². The Balaban J connectivity index is 1.66. The summed E-state index contributed by atoms with van der Waals surface area (Å²) in [6.07, 6.45) is 0. The van der Waals surface area contributed by atoms with Gasteiger partial charge in [-0.3, -0.25) is 4.79 Å². The molecule has 3 aromatic carbocycles. The minimum absolute atomic E-state index is 0.208. The van der Waals surface area contributed by atoms with Crippen molar-refractivity contribution in [3.8, 4) is 11.5 Å². The Hall–Kier alpha value is -2.15. The molecule has 0 saturated carbocycles. The van der Waals surface area contributed by atoms with Crippen LogP contribution in [0.15, 0.2) is 74.0 Å². The first kappa shape index (κ1) is 18.2. The number of benzene rings is 3. The maximum absolute atomic E-state index is 12.5. The van der Waals surface area contributed by atoms with Crippen LogP contribution in [-0.2, 0) is 0 Å².